The maximum atomic E-state index is 13.9. The minimum atomic E-state index is -4.13. The van der Waals surface area contributed by atoms with E-state index < -0.39 is 45.0 Å². The van der Waals surface area contributed by atoms with Crippen LogP contribution < -0.4 is 5.32 Å². The average Bonchev–Trinajstić information content (AvgIpc) is 2.74. The number of hydrogen-bond donors (Lipinski definition) is 1. The van der Waals surface area contributed by atoms with Gasteiger partial charge in [-0.25, -0.2) is 21.6 Å². The lowest BCUT2D eigenvalue weighted by Gasteiger charge is -2.35. The number of ketones is 1. The van der Waals surface area contributed by atoms with E-state index in [1.165, 1.54) is 18.6 Å². The molecule has 32 heavy (non-hydrogen) atoms. The van der Waals surface area contributed by atoms with Crippen molar-refractivity contribution in [2.24, 2.45) is 0 Å². The van der Waals surface area contributed by atoms with Crippen LogP contribution in [0.5, 0.6) is 0 Å². The van der Waals surface area contributed by atoms with E-state index in [4.69, 9.17) is 0 Å². The number of allylic oxidation sites excluding steroid dienone is 2. The third-order valence-electron chi connectivity index (χ3n) is 5.08. The lowest BCUT2D eigenvalue weighted by Crippen LogP contribution is -2.43. The monoisotopic (exact) mass is 461 g/mol. The number of sulfonamides is 1. The van der Waals surface area contributed by atoms with Crippen LogP contribution in [0.25, 0.3) is 0 Å². The Morgan fingerprint density at radius 3 is 2.34 bits per heavy atom. The van der Waals surface area contributed by atoms with Crippen LogP contribution in [-0.2, 0) is 14.8 Å². The number of hydrogen-bond acceptors (Lipinski definition) is 4. The highest BCUT2D eigenvalue weighted by molar-refractivity contribution is 7.89. The quantitative estimate of drug-likeness (QED) is 0.759. The number of benzene rings is 2. The predicted octanol–water partition coefficient (Wildman–Crippen LogP) is 2.89. The normalized spacial score (nSPS) is 18.5. The van der Waals surface area contributed by atoms with E-state index in [1.54, 1.807) is 0 Å². The fourth-order valence-corrected chi connectivity index (χ4v) is 5.01. The molecule has 1 heterocycles. The molecule has 0 saturated carbocycles. The number of carbonyl (C=O) groups excluding carboxylic acids is 2. The molecule has 0 aromatic heterocycles. The van der Waals surface area contributed by atoms with Crippen LogP contribution in [-0.4, -0.2) is 37.0 Å². The fraction of sp³-hybridized carbons (Fsp3) is 0.136. The van der Waals surface area contributed by atoms with Crippen LogP contribution in [0.15, 0.2) is 70.8 Å². The summed E-state index contributed by atoms with van der Waals surface area (Å²) in [5, 5.41) is 2.41. The number of nitrogens with zero attached hydrogens (tertiary/aromatic N) is 1. The second-order valence-corrected chi connectivity index (χ2v) is 8.99. The standard InChI is InChI=1S/C22H16F3N2O4S/c23-13-4-7-15(8-5-13)32(30,31)27-11-10-20(28)16-9-6-14(12-19(16)27)26-22(29)21-17(24)2-1-3-18(21)25/h1-9,12,14H,10-11H2,(H,26,29). The van der Waals surface area contributed by atoms with E-state index in [0.717, 1.165) is 46.8 Å². The summed E-state index contributed by atoms with van der Waals surface area (Å²) in [5.74, 6) is -4.02. The Kier molecular flexibility index (Phi) is 5.64. The second-order valence-electron chi connectivity index (χ2n) is 7.12. The van der Waals surface area contributed by atoms with E-state index >= 15 is 0 Å². The van der Waals surface area contributed by atoms with Crippen LogP contribution in [0.4, 0.5) is 13.2 Å². The third kappa shape index (κ3) is 3.93. The van der Waals surface area contributed by atoms with Gasteiger partial charge in [0.2, 0.25) is 0 Å². The molecule has 2 aromatic rings. The van der Waals surface area contributed by atoms with E-state index in [2.05, 4.69) is 5.32 Å². The van der Waals surface area contributed by atoms with Crippen molar-refractivity contribution in [2.45, 2.75) is 17.4 Å². The molecular formula is C22H16F3N2O4S. The maximum absolute atomic E-state index is 13.9. The largest absolute Gasteiger partial charge is 0.345 e. The molecule has 1 aliphatic carbocycles. The number of nitrogens with one attached hydrogen (secondary N) is 1. The van der Waals surface area contributed by atoms with Gasteiger partial charge in [0.25, 0.3) is 15.9 Å². The van der Waals surface area contributed by atoms with Crippen molar-refractivity contribution < 1.29 is 31.2 Å². The zero-order valence-corrected chi connectivity index (χ0v) is 17.2. The smallest absolute Gasteiger partial charge is 0.264 e. The first-order valence-corrected chi connectivity index (χ1v) is 11.0. The van der Waals surface area contributed by atoms with Gasteiger partial charge in [0.15, 0.2) is 5.78 Å². The van der Waals surface area contributed by atoms with Crippen molar-refractivity contribution >= 4 is 21.7 Å². The van der Waals surface area contributed by atoms with Crippen molar-refractivity contribution in [2.75, 3.05) is 6.54 Å². The Morgan fingerprint density at radius 1 is 1.03 bits per heavy atom. The number of Topliss-reactive ketones (excluding diaryl/α,β-unsaturated/α-hetero) is 1. The summed E-state index contributed by atoms with van der Waals surface area (Å²) in [7, 11) is -4.13. The molecule has 2 aliphatic rings. The Labute approximate surface area is 182 Å². The van der Waals surface area contributed by atoms with Gasteiger partial charge in [-0.2, -0.15) is 0 Å². The lowest BCUT2D eigenvalue weighted by molar-refractivity contribution is -0.115. The summed E-state index contributed by atoms with van der Waals surface area (Å²) in [6.45, 7) is -0.148. The number of amides is 1. The van der Waals surface area contributed by atoms with Gasteiger partial charge >= 0.3 is 0 Å². The van der Waals surface area contributed by atoms with E-state index in [1.807, 2.05) is 0 Å². The zero-order chi connectivity index (χ0) is 23.0. The molecule has 1 N–H and O–H groups in total. The SMILES string of the molecule is O=C1CCN(S(=O)(=O)c2ccc(F)cc2)C2=C1C=CC(NC(=O)c1c(F)cccc1F)[CH]2. The van der Waals surface area contributed by atoms with Crippen molar-refractivity contribution in [3.63, 3.8) is 0 Å². The summed E-state index contributed by atoms with van der Waals surface area (Å²) in [4.78, 5) is 24.6. The van der Waals surface area contributed by atoms with Crippen LogP contribution in [0, 0.1) is 23.9 Å². The summed E-state index contributed by atoms with van der Waals surface area (Å²) in [5.41, 5.74) is -0.610. The molecule has 10 heteroatoms. The third-order valence-corrected chi connectivity index (χ3v) is 6.91. The number of rotatable bonds is 4. The van der Waals surface area contributed by atoms with Gasteiger partial charge in [0.1, 0.15) is 23.0 Å². The van der Waals surface area contributed by atoms with Gasteiger partial charge in [0.05, 0.1) is 10.9 Å². The van der Waals surface area contributed by atoms with E-state index in [9.17, 15) is 31.2 Å². The zero-order valence-electron chi connectivity index (χ0n) is 16.4. The summed E-state index contributed by atoms with van der Waals surface area (Å²) >= 11 is 0. The van der Waals surface area contributed by atoms with Gasteiger partial charge in [-0.1, -0.05) is 18.2 Å². The number of halogens is 3. The van der Waals surface area contributed by atoms with Gasteiger partial charge in [0, 0.05) is 30.7 Å². The minimum Gasteiger partial charge on any atom is -0.345 e. The highest BCUT2D eigenvalue weighted by atomic mass is 32.2. The van der Waals surface area contributed by atoms with Gasteiger partial charge < -0.3 is 5.32 Å². The van der Waals surface area contributed by atoms with Crippen molar-refractivity contribution in [1.29, 1.82) is 0 Å². The fourth-order valence-electron chi connectivity index (χ4n) is 3.52. The Morgan fingerprint density at radius 2 is 1.69 bits per heavy atom. The molecule has 1 unspecified atom stereocenters. The Bertz CT molecular complexity index is 1250. The highest BCUT2D eigenvalue weighted by Gasteiger charge is 2.36. The van der Waals surface area contributed by atoms with Crippen LogP contribution in [0.2, 0.25) is 0 Å². The summed E-state index contributed by atoms with van der Waals surface area (Å²) < 4.78 is 68.3. The molecule has 4 rings (SSSR count). The molecule has 1 amide bonds. The van der Waals surface area contributed by atoms with Gasteiger partial charge in [-0.3, -0.25) is 13.9 Å². The van der Waals surface area contributed by atoms with Crippen LogP contribution >= 0.6 is 0 Å². The maximum Gasteiger partial charge on any atom is 0.264 e. The Hall–Kier alpha value is -3.40. The molecule has 0 bridgehead atoms. The minimum absolute atomic E-state index is 0.0346. The molecule has 6 nitrogen and oxygen atoms in total. The first-order chi connectivity index (χ1) is 15.2. The van der Waals surface area contributed by atoms with E-state index in [-0.39, 0.29) is 34.9 Å². The molecule has 1 aliphatic heterocycles. The summed E-state index contributed by atoms with van der Waals surface area (Å²) in [6.07, 6.45) is 4.05. The molecule has 0 spiro atoms. The predicted molar refractivity (Wildman–Crippen MR) is 108 cm³/mol. The molecular weight excluding hydrogens is 445 g/mol. The molecule has 0 fully saturated rings. The molecule has 1 atom stereocenters. The van der Waals surface area contributed by atoms with Crippen molar-refractivity contribution in [3.8, 4) is 0 Å². The van der Waals surface area contributed by atoms with Gasteiger partial charge in [-0.15, -0.1) is 0 Å². The first kappa shape index (κ1) is 21.8. The van der Waals surface area contributed by atoms with Crippen molar-refractivity contribution in [1.82, 2.24) is 9.62 Å². The van der Waals surface area contributed by atoms with Gasteiger partial charge in [-0.05, 0) is 36.4 Å². The first-order valence-electron chi connectivity index (χ1n) is 9.52. The molecule has 1 radical (unpaired) electrons. The lowest BCUT2D eigenvalue weighted by atomic mass is 9.92. The van der Waals surface area contributed by atoms with Crippen LogP contribution in [0.1, 0.15) is 16.8 Å². The van der Waals surface area contributed by atoms with E-state index in [0.29, 0.717) is 0 Å². The topological polar surface area (TPSA) is 83.6 Å². The van der Waals surface area contributed by atoms with Crippen molar-refractivity contribution in [3.05, 3.63) is 95.3 Å². The molecule has 2 aromatic carbocycles. The molecule has 165 valence electrons. The Balaban J connectivity index is 1.62. The molecule has 0 saturated heterocycles. The van der Waals surface area contributed by atoms with Crippen LogP contribution in [0.3, 0.4) is 0 Å². The highest BCUT2D eigenvalue weighted by Crippen LogP contribution is 2.32. The second kappa shape index (κ2) is 8.27. The number of carbonyl (C=O) groups is 2. The average molecular weight is 461 g/mol. The summed E-state index contributed by atoms with van der Waals surface area (Å²) in [6, 6.07) is 6.31.